The Labute approximate surface area is 116 Å². The Morgan fingerprint density at radius 3 is 2.47 bits per heavy atom. The summed E-state index contributed by atoms with van der Waals surface area (Å²) in [4.78, 5) is 13.5. The Bertz CT molecular complexity index is 283. The van der Waals surface area contributed by atoms with Crippen molar-refractivity contribution in [3.05, 3.63) is 0 Å². The Kier molecular flexibility index (Phi) is 6.82. The van der Waals surface area contributed by atoms with E-state index in [1.54, 1.807) is 0 Å². The van der Waals surface area contributed by atoms with Crippen LogP contribution >= 0.6 is 0 Å². The average molecular weight is 268 g/mol. The number of piperidine rings is 1. The van der Waals surface area contributed by atoms with Gasteiger partial charge in [-0.05, 0) is 25.7 Å². The molecule has 1 rings (SSSR count). The molecule has 1 atom stereocenters. The zero-order chi connectivity index (χ0) is 14.3. The third-order valence-corrected chi connectivity index (χ3v) is 3.93. The summed E-state index contributed by atoms with van der Waals surface area (Å²) < 4.78 is 0. The van der Waals surface area contributed by atoms with Crippen LogP contribution in [0.5, 0.6) is 0 Å². The maximum absolute atomic E-state index is 11.3. The molecule has 2 radical (unpaired) electrons. The molecular weight excluding hydrogens is 243 g/mol. The molecule has 0 spiro atoms. The standard InChI is InChI=1S/C13H25BN2O3/c14-7-2-1-5-13(15,12(18)19)6-10-16-8-3-11(17)4-9-16/h11,17H,1-10,15H2,(H,18,19). The highest BCUT2D eigenvalue weighted by molar-refractivity contribution is 6.08. The first-order valence-electron chi connectivity index (χ1n) is 7.11. The lowest BCUT2D eigenvalue weighted by atomic mass is 9.87. The van der Waals surface area contributed by atoms with E-state index in [-0.39, 0.29) is 6.10 Å². The summed E-state index contributed by atoms with van der Waals surface area (Å²) in [5, 5.41) is 18.7. The van der Waals surface area contributed by atoms with Gasteiger partial charge in [0.1, 0.15) is 5.54 Å². The molecule has 1 saturated heterocycles. The monoisotopic (exact) mass is 268 g/mol. The number of carbonyl (C=O) groups is 1. The molecule has 0 aromatic heterocycles. The summed E-state index contributed by atoms with van der Waals surface area (Å²) >= 11 is 0. The Balaban J connectivity index is 2.38. The van der Waals surface area contributed by atoms with E-state index >= 15 is 0 Å². The number of hydrogen-bond acceptors (Lipinski definition) is 4. The van der Waals surface area contributed by atoms with Crippen LogP contribution in [0.4, 0.5) is 0 Å². The number of carboxylic acid groups (broad SMARTS) is 1. The second-order valence-electron chi connectivity index (χ2n) is 5.53. The molecule has 19 heavy (non-hydrogen) atoms. The molecule has 6 heteroatoms. The van der Waals surface area contributed by atoms with Crippen LogP contribution in [0.15, 0.2) is 0 Å². The van der Waals surface area contributed by atoms with E-state index in [9.17, 15) is 15.0 Å². The van der Waals surface area contributed by atoms with Gasteiger partial charge in [0.05, 0.1) is 14.0 Å². The third kappa shape index (κ3) is 5.51. The van der Waals surface area contributed by atoms with E-state index in [4.69, 9.17) is 13.6 Å². The summed E-state index contributed by atoms with van der Waals surface area (Å²) in [6.45, 7) is 2.32. The molecule has 0 aromatic carbocycles. The molecule has 1 fully saturated rings. The van der Waals surface area contributed by atoms with Gasteiger partial charge in [0.15, 0.2) is 0 Å². The highest BCUT2D eigenvalue weighted by Crippen LogP contribution is 2.19. The zero-order valence-corrected chi connectivity index (χ0v) is 11.6. The maximum atomic E-state index is 11.3. The van der Waals surface area contributed by atoms with E-state index in [0.717, 1.165) is 38.8 Å². The Morgan fingerprint density at radius 2 is 1.95 bits per heavy atom. The summed E-state index contributed by atoms with van der Waals surface area (Å²) in [6, 6.07) is 0. The van der Waals surface area contributed by atoms with Gasteiger partial charge in [0, 0.05) is 19.6 Å². The van der Waals surface area contributed by atoms with Gasteiger partial charge in [-0.15, -0.1) is 0 Å². The summed E-state index contributed by atoms with van der Waals surface area (Å²) in [6.07, 6.45) is 4.36. The molecular formula is C13H25BN2O3. The van der Waals surface area contributed by atoms with Crippen LogP contribution in [0.25, 0.3) is 0 Å². The molecule has 0 bridgehead atoms. The van der Waals surface area contributed by atoms with E-state index in [1.165, 1.54) is 0 Å². The average Bonchev–Trinajstić information content (AvgIpc) is 2.38. The predicted octanol–water partition coefficient (Wildman–Crippen LogP) is 0.372. The lowest BCUT2D eigenvalue weighted by Crippen LogP contribution is -2.50. The number of hydrogen-bond donors (Lipinski definition) is 3. The van der Waals surface area contributed by atoms with Crippen LogP contribution in [0.1, 0.15) is 38.5 Å². The predicted molar refractivity (Wildman–Crippen MR) is 75.3 cm³/mol. The van der Waals surface area contributed by atoms with Crippen molar-refractivity contribution in [2.75, 3.05) is 19.6 Å². The van der Waals surface area contributed by atoms with Crippen LogP contribution < -0.4 is 5.73 Å². The van der Waals surface area contributed by atoms with E-state index in [0.29, 0.717) is 25.7 Å². The van der Waals surface area contributed by atoms with Crippen molar-refractivity contribution in [3.63, 3.8) is 0 Å². The number of rotatable bonds is 8. The third-order valence-electron chi connectivity index (χ3n) is 3.93. The first kappa shape index (κ1) is 16.5. The van der Waals surface area contributed by atoms with Crippen LogP contribution in [0, 0.1) is 0 Å². The lowest BCUT2D eigenvalue weighted by Gasteiger charge is -2.32. The van der Waals surface area contributed by atoms with Gasteiger partial charge >= 0.3 is 5.97 Å². The van der Waals surface area contributed by atoms with Crippen molar-refractivity contribution in [2.45, 2.75) is 56.5 Å². The van der Waals surface area contributed by atoms with Gasteiger partial charge in [0.25, 0.3) is 0 Å². The number of likely N-dealkylation sites (tertiary alicyclic amines) is 1. The maximum Gasteiger partial charge on any atom is 0.323 e. The Hall–Kier alpha value is -0.585. The van der Waals surface area contributed by atoms with E-state index < -0.39 is 11.5 Å². The van der Waals surface area contributed by atoms with Gasteiger partial charge < -0.3 is 20.8 Å². The number of nitrogens with two attached hydrogens (primary N) is 1. The first-order valence-corrected chi connectivity index (χ1v) is 7.11. The molecule has 0 aromatic rings. The van der Waals surface area contributed by atoms with Crippen LogP contribution in [0.2, 0.25) is 6.32 Å². The number of carboxylic acids is 1. The second-order valence-corrected chi connectivity index (χ2v) is 5.53. The van der Waals surface area contributed by atoms with Crippen LogP contribution in [0.3, 0.4) is 0 Å². The number of aliphatic carboxylic acids is 1. The molecule has 0 aliphatic carbocycles. The van der Waals surface area contributed by atoms with E-state index in [2.05, 4.69) is 4.90 Å². The van der Waals surface area contributed by atoms with Crippen molar-refractivity contribution in [1.29, 1.82) is 0 Å². The summed E-state index contributed by atoms with van der Waals surface area (Å²) in [7, 11) is 5.42. The minimum absolute atomic E-state index is 0.206. The van der Waals surface area contributed by atoms with Gasteiger partial charge in [-0.2, -0.15) is 0 Å². The van der Waals surface area contributed by atoms with Crippen molar-refractivity contribution in [1.82, 2.24) is 4.90 Å². The molecule has 108 valence electrons. The number of aliphatic hydroxyl groups excluding tert-OH is 1. The summed E-state index contributed by atoms with van der Waals surface area (Å²) in [5.74, 6) is -0.929. The quantitative estimate of drug-likeness (QED) is 0.437. The van der Waals surface area contributed by atoms with Gasteiger partial charge in [-0.3, -0.25) is 4.79 Å². The lowest BCUT2D eigenvalue weighted by molar-refractivity contribution is -0.144. The normalized spacial score (nSPS) is 21.2. The molecule has 4 N–H and O–H groups in total. The molecule has 0 amide bonds. The van der Waals surface area contributed by atoms with Gasteiger partial charge in [-0.25, -0.2) is 0 Å². The Morgan fingerprint density at radius 1 is 1.32 bits per heavy atom. The fourth-order valence-electron chi connectivity index (χ4n) is 2.42. The molecule has 1 heterocycles. The number of nitrogens with zero attached hydrogens (tertiary/aromatic N) is 1. The van der Waals surface area contributed by atoms with Crippen molar-refractivity contribution in [3.8, 4) is 0 Å². The molecule has 1 aliphatic heterocycles. The van der Waals surface area contributed by atoms with Gasteiger partial charge in [-0.1, -0.05) is 19.2 Å². The fourth-order valence-corrected chi connectivity index (χ4v) is 2.42. The van der Waals surface area contributed by atoms with Gasteiger partial charge in [0.2, 0.25) is 0 Å². The molecule has 1 unspecified atom stereocenters. The van der Waals surface area contributed by atoms with E-state index in [1.807, 2.05) is 0 Å². The number of aliphatic hydroxyl groups is 1. The topological polar surface area (TPSA) is 86.8 Å². The minimum atomic E-state index is -1.15. The molecule has 5 nitrogen and oxygen atoms in total. The SMILES string of the molecule is [B]CCCCC(N)(CCN1CCC(O)CC1)C(=O)O. The van der Waals surface area contributed by atoms with Crippen molar-refractivity contribution >= 4 is 13.8 Å². The first-order chi connectivity index (χ1) is 8.98. The zero-order valence-electron chi connectivity index (χ0n) is 11.6. The molecule has 1 aliphatic rings. The summed E-state index contributed by atoms with van der Waals surface area (Å²) in [5.41, 5.74) is 4.86. The largest absolute Gasteiger partial charge is 0.480 e. The highest BCUT2D eigenvalue weighted by Gasteiger charge is 2.33. The number of unbranched alkanes of at least 4 members (excludes halogenated alkanes) is 1. The second kappa shape index (κ2) is 7.87. The van der Waals surface area contributed by atoms with Crippen molar-refractivity contribution in [2.24, 2.45) is 5.73 Å². The fraction of sp³-hybridized carbons (Fsp3) is 0.923. The van der Waals surface area contributed by atoms with Crippen LogP contribution in [-0.2, 0) is 4.79 Å². The minimum Gasteiger partial charge on any atom is -0.480 e. The molecule has 0 saturated carbocycles. The highest BCUT2D eigenvalue weighted by atomic mass is 16.4. The van der Waals surface area contributed by atoms with Crippen LogP contribution in [-0.4, -0.2) is 60.2 Å². The van der Waals surface area contributed by atoms with Crippen molar-refractivity contribution < 1.29 is 15.0 Å². The smallest absolute Gasteiger partial charge is 0.323 e.